The normalized spacial score (nSPS) is 15.6. The van der Waals surface area contributed by atoms with E-state index in [0.29, 0.717) is 11.5 Å². The largest absolute Gasteiger partial charge is 0.339 e. The molecule has 1 aliphatic heterocycles. The molecule has 0 unspecified atom stereocenters. The predicted octanol–water partition coefficient (Wildman–Crippen LogP) is 2.54. The van der Waals surface area contributed by atoms with Crippen molar-refractivity contribution in [3.05, 3.63) is 27.1 Å². The zero-order chi connectivity index (χ0) is 14.5. The van der Waals surface area contributed by atoms with Gasteiger partial charge in [0, 0.05) is 24.5 Å². The fourth-order valence-electron chi connectivity index (χ4n) is 2.40. The maximum atomic E-state index is 12.3. The lowest BCUT2D eigenvalue weighted by Crippen LogP contribution is -2.40. The van der Waals surface area contributed by atoms with Gasteiger partial charge in [-0.1, -0.05) is 18.3 Å². The summed E-state index contributed by atoms with van der Waals surface area (Å²) in [5, 5.41) is 15.6. The number of halogens is 1. The number of carbonyl (C=O) groups excluding carboxylic acids is 1. The highest BCUT2D eigenvalue weighted by Crippen LogP contribution is 2.25. The van der Waals surface area contributed by atoms with Crippen molar-refractivity contribution < 1.29 is 9.72 Å². The molecule has 6 nitrogen and oxygen atoms in total. The highest BCUT2D eigenvalue weighted by atomic mass is 35.5. The van der Waals surface area contributed by atoms with Gasteiger partial charge in [0.1, 0.15) is 0 Å². The Labute approximate surface area is 134 Å². The van der Waals surface area contributed by atoms with Crippen LogP contribution in [0, 0.1) is 16.0 Å². The number of likely N-dealkylation sites (tertiary alicyclic amines) is 1. The number of hydrogen-bond donors (Lipinski definition) is 1. The fourth-order valence-corrected chi connectivity index (χ4v) is 3.10. The van der Waals surface area contributed by atoms with Crippen LogP contribution in [0.2, 0.25) is 0 Å². The lowest BCUT2D eigenvalue weighted by molar-refractivity contribution is -0.380. The Morgan fingerprint density at radius 2 is 2.19 bits per heavy atom. The van der Waals surface area contributed by atoms with E-state index in [-0.39, 0.29) is 23.3 Å². The number of amides is 1. The number of hydrogen-bond acceptors (Lipinski definition) is 5. The Balaban J connectivity index is 0.00000220. The summed E-state index contributed by atoms with van der Waals surface area (Å²) < 4.78 is 0. The van der Waals surface area contributed by atoms with E-state index in [9.17, 15) is 14.9 Å². The third-order valence-electron chi connectivity index (χ3n) is 3.60. The third kappa shape index (κ3) is 4.66. The molecule has 2 heterocycles. The molecule has 21 heavy (non-hydrogen) atoms. The molecule has 0 atom stereocenters. The number of nitrogens with one attached hydrogen (secondary N) is 1. The summed E-state index contributed by atoms with van der Waals surface area (Å²) in [4.78, 5) is 24.2. The van der Waals surface area contributed by atoms with Crippen LogP contribution in [0.3, 0.4) is 0 Å². The average Bonchev–Trinajstić information content (AvgIpc) is 2.95. The van der Waals surface area contributed by atoms with Crippen LogP contribution < -0.4 is 5.32 Å². The second-order valence-electron chi connectivity index (χ2n) is 4.97. The maximum Gasteiger partial charge on any atom is 0.324 e. The fraction of sp³-hybridized carbons (Fsp3) is 0.615. The molecule has 2 rings (SSSR count). The molecule has 8 heteroatoms. The summed E-state index contributed by atoms with van der Waals surface area (Å²) in [6.45, 7) is 5.53. The molecule has 1 N–H and O–H groups in total. The summed E-state index contributed by atoms with van der Waals surface area (Å²) in [7, 11) is 0. The molecule has 1 amide bonds. The number of piperidine rings is 1. The predicted molar refractivity (Wildman–Crippen MR) is 85.4 cm³/mol. The van der Waals surface area contributed by atoms with Crippen molar-refractivity contribution in [1.29, 1.82) is 0 Å². The van der Waals surface area contributed by atoms with Crippen LogP contribution in [-0.2, 0) is 0 Å². The van der Waals surface area contributed by atoms with E-state index in [0.717, 1.165) is 50.4 Å². The van der Waals surface area contributed by atoms with Crippen LogP contribution in [0.5, 0.6) is 0 Å². The average molecular weight is 334 g/mol. The smallest absolute Gasteiger partial charge is 0.324 e. The van der Waals surface area contributed by atoms with Crippen molar-refractivity contribution in [1.82, 2.24) is 10.2 Å². The summed E-state index contributed by atoms with van der Waals surface area (Å²) >= 11 is 1.01. The Kier molecular flexibility index (Phi) is 7.07. The van der Waals surface area contributed by atoms with E-state index in [1.54, 1.807) is 10.3 Å². The monoisotopic (exact) mass is 333 g/mol. The van der Waals surface area contributed by atoms with Gasteiger partial charge in [-0.05, 0) is 31.8 Å². The molecule has 1 saturated heterocycles. The van der Waals surface area contributed by atoms with Gasteiger partial charge in [-0.2, -0.15) is 0 Å². The van der Waals surface area contributed by atoms with Crippen LogP contribution in [0.15, 0.2) is 11.4 Å². The topological polar surface area (TPSA) is 75.5 Å². The van der Waals surface area contributed by atoms with E-state index in [1.807, 2.05) is 0 Å². The zero-order valence-corrected chi connectivity index (χ0v) is 13.5. The lowest BCUT2D eigenvalue weighted by atomic mass is 9.96. The van der Waals surface area contributed by atoms with Gasteiger partial charge >= 0.3 is 5.00 Å². The van der Waals surface area contributed by atoms with Crippen molar-refractivity contribution >= 4 is 34.7 Å². The van der Waals surface area contributed by atoms with Crippen molar-refractivity contribution in [2.75, 3.05) is 26.2 Å². The van der Waals surface area contributed by atoms with Gasteiger partial charge < -0.3 is 10.2 Å². The first-order valence-electron chi connectivity index (χ1n) is 6.84. The lowest BCUT2D eigenvalue weighted by Gasteiger charge is -2.31. The standard InChI is InChI=1S/C13H19N3O3S.ClH/c1-2-14-8-10-3-5-15(6-4-10)13(17)11-7-12(16(18)19)20-9-11;/h7,9-10,14H,2-6,8H2,1H3;1H. The second kappa shape index (κ2) is 8.31. The third-order valence-corrected chi connectivity index (χ3v) is 4.48. The van der Waals surface area contributed by atoms with Gasteiger partial charge in [0.2, 0.25) is 0 Å². The van der Waals surface area contributed by atoms with Crippen LogP contribution in [0.4, 0.5) is 5.00 Å². The van der Waals surface area contributed by atoms with Crippen LogP contribution in [0.1, 0.15) is 30.1 Å². The van der Waals surface area contributed by atoms with Gasteiger partial charge in [0.15, 0.2) is 0 Å². The van der Waals surface area contributed by atoms with Gasteiger partial charge in [-0.3, -0.25) is 14.9 Å². The Morgan fingerprint density at radius 3 is 2.71 bits per heavy atom. The first-order chi connectivity index (χ1) is 9.61. The molecule has 0 spiro atoms. The minimum absolute atomic E-state index is 0. The van der Waals surface area contributed by atoms with Crippen molar-refractivity contribution in [2.24, 2.45) is 5.92 Å². The molecule has 0 aromatic carbocycles. The van der Waals surface area contributed by atoms with E-state index in [2.05, 4.69) is 12.2 Å². The van der Waals surface area contributed by atoms with Crippen molar-refractivity contribution in [3.63, 3.8) is 0 Å². The number of nitrogens with zero attached hydrogens (tertiary/aromatic N) is 2. The quantitative estimate of drug-likeness (QED) is 0.663. The molecule has 0 saturated carbocycles. The minimum Gasteiger partial charge on any atom is -0.339 e. The van der Waals surface area contributed by atoms with E-state index in [1.165, 1.54) is 6.07 Å². The van der Waals surface area contributed by atoms with E-state index >= 15 is 0 Å². The van der Waals surface area contributed by atoms with Crippen LogP contribution in [-0.4, -0.2) is 41.9 Å². The molecular weight excluding hydrogens is 314 g/mol. The molecule has 1 aromatic heterocycles. The van der Waals surface area contributed by atoms with Crippen LogP contribution in [0.25, 0.3) is 0 Å². The molecule has 118 valence electrons. The van der Waals surface area contributed by atoms with E-state index < -0.39 is 4.92 Å². The summed E-state index contributed by atoms with van der Waals surface area (Å²) in [5.41, 5.74) is 0.437. The highest BCUT2D eigenvalue weighted by molar-refractivity contribution is 7.13. The molecule has 0 aliphatic carbocycles. The molecule has 1 fully saturated rings. The Bertz CT molecular complexity index is 487. The van der Waals surface area contributed by atoms with Crippen LogP contribution >= 0.6 is 23.7 Å². The highest BCUT2D eigenvalue weighted by Gasteiger charge is 2.25. The van der Waals surface area contributed by atoms with Crippen molar-refractivity contribution in [2.45, 2.75) is 19.8 Å². The Hall–Kier alpha value is -1.18. The number of rotatable bonds is 5. The molecule has 1 aliphatic rings. The minimum atomic E-state index is -0.454. The summed E-state index contributed by atoms with van der Waals surface area (Å²) in [5.74, 6) is 0.534. The Morgan fingerprint density at radius 1 is 1.52 bits per heavy atom. The molecule has 1 aromatic rings. The molecular formula is C13H20ClN3O3S. The van der Waals surface area contributed by atoms with Gasteiger partial charge in [-0.15, -0.1) is 12.4 Å². The maximum absolute atomic E-state index is 12.3. The summed E-state index contributed by atoms with van der Waals surface area (Å²) in [6, 6.07) is 1.37. The molecule has 0 bridgehead atoms. The van der Waals surface area contributed by atoms with E-state index in [4.69, 9.17) is 0 Å². The number of nitro groups is 1. The number of carbonyl (C=O) groups is 1. The van der Waals surface area contributed by atoms with Gasteiger partial charge in [-0.25, -0.2) is 0 Å². The van der Waals surface area contributed by atoms with Crippen molar-refractivity contribution in [3.8, 4) is 0 Å². The SMILES string of the molecule is CCNCC1CCN(C(=O)c2csc([N+](=O)[O-])c2)CC1.Cl. The van der Waals surface area contributed by atoms with Gasteiger partial charge in [0.25, 0.3) is 5.91 Å². The first kappa shape index (κ1) is 17.9. The second-order valence-corrected chi connectivity index (χ2v) is 5.86. The number of thiophene rings is 1. The molecule has 0 radical (unpaired) electrons. The first-order valence-corrected chi connectivity index (χ1v) is 7.72. The summed E-state index contributed by atoms with van der Waals surface area (Å²) in [6.07, 6.45) is 1.98. The van der Waals surface area contributed by atoms with Gasteiger partial charge in [0.05, 0.1) is 10.5 Å². The zero-order valence-electron chi connectivity index (χ0n) is 11.9.